The number of quaternary nitrogens is 1. The van der Waals surface area contributed by atoms with Crippen LogP contribution in [0, 0.1) is 11.6 Å². The standard InChI is InChI=1S/C41H53F2N4O5.BrH/c1-6-45(32-23-30(42)22-31(43)24-32)41(49)38-29-46(33-25-35(50-7-2)27-36(26-33)51-8-3)39-28-34(14-15-37(39)40(38)48)52-21-13-11-9-10-12-18-47(5)19-16-44(4)17-20-47;/h14-15,22-29H,6-13,16-21H2,1-5H3;1H/q+1;/p-1. The number of carbonyl (C=O) groups is 1. The van der Waals surface area contributed by atoms with E-state index in [1.54, 1.807) is 35.8 Å². The van der Waals surface area contributed by atoms with Crippen LogP contribution in [0.3, 0.4) is 0 Å². The number of carbonyl (C=O) groups excluding carboxylic acids is 1. The Kier molecular flexibility index (Phi) is 15.3. The van der Waals surface area contributed by atoms with Crippen LogP contribution in [-0.4, -0.2) is 93.0 Å². The molecule has 0 atom stereocenters. The normalized spacial score (nSPS) is 14.1. The number of rotatable bonds is 17. The number of benzene rings is 3. The van der Waals surface area contributed by atoms with Crippen molar-refractivity contribution in [3.8, 4) is 22.9 Å². The molecular formula is C41H53BrF2N4O5. The van der Waals surface area contributed by atoms with Gasteiger partial charge in [0.15, 0.2) is 0 Å². The quantitative estimate of drug-likeness (QED) is 0.116. The van der Waals surface area contributed by atoms with E-state index in [1.165, 1.54) is 61.1 Å². The molecule has 0 spiro atoms. The zero-order chi connectivity index (χ0) is 37.3. The lowest BCUT2D eigenvalue weighted by Crippen LogP contribution is -3.00. The molecule has 0 saturated carbocycles. The second kappa shape index (κ2) is 19.4. The van der Waals surface area contributed by atoms with Crippen LogP contribution in [0.1, 0.15) is 63.2 Å². The molecule has 0 bridgehead atoms. The Hall–Kier alpha value is -4.00. The molecule has 1 aliphatic heterocycles. The highest BCUT2D eigenvalue weighted by atomic mass is 79.9. The molecule has 288 valence electrons. The maximum absolute atomic E-state index is 14.2. The first-order chi connectivity index (χ1) is 25.0. The molecule has 3 aromatic carbocycles. The summed E-state index contributed by atoms with van der Waals surface area (Å²) in [6.07, 6.45) is 7.06. The summed E-state index contributed by atoms with van der Waals surface area (Å²) >= 11 is 0. The van der Waals surface area contributed by atoms with Crippen LogP contribution in [0.15, 0.2) is 65.6 Å². The highest BCUT2D eigenvalue weighted by Gasteiger charge is 2.26. The van der Waals surface area contributed by atoms with Gasteiger partial charge in [0.05, 0.1) is 57.7 Å². The van der Waals surface area contributed by atoms with Crippen molar-refractivity contribution < 1.29 is 49.3 Å². The molecule has 0 aliphatic carbocycles. The molecule has 12 heteroatoms. The molecule has 1 aromatic heterocycles. The number of ether oxygens (including phenoxy) is 3. The number of unbranched alkanes of at least 4 members (excludes halogenated alkanes) is 4. The highest BCUT2D eigenvalue weighted by molar-refractivity contribution is 6.07. The van der Waals surface area contributed by atoms with E-state index in [9.17, 15) is 18.4 Å². The van der Waals surface area contributed by atoms with E-state index in [0.29, 0.717) is 48.3 Å². The molecule has 1 saturated heterocycles. The molecule has 0 N–H and O–H groups in total. The van der Waals surface area contributed by atoms with E-state index >= 15 is 0 Å². The lowest BCUT2D eigenvalue weighted by atomic mass is 10.1. The Labute approximate surface area is 322 Å². The van der Waals surface area contributed by atoms with Gasteiger partial charge in [-0.1, -0.05) is 12.8 Å². The number of nitrogens with zero attached hydrogens (tertiary/aromatic N) is 4. The molecule has 2 heterocycles. The monoisotopic (exact) mass is 798 g/mol. The number of pyridine rings is 1. The summed E-state index contributed by atoms with van der Waals surface area (Å²) in [5, 5.41) is 0.288. The van der Waals surface area contributed by atoms with Gasteiger partial charge < -0.3 is 45.1 Å². The third-order valence-corrected chi connectivity index (χ3v) is 9.85. The minimum atomic E-state index is -0.822. The predicted molar refractivity (Wildman–Crippen MR) is 202 cm³/mol. The second-order valence-corrected chi connectivity index (χ2v) is 13.8. The lowest BCUT2D eigenvalue weighted by Gasteiger charge is -2.41. The first kappa shape index (κ1) is 41.8. The zero-order valence-electron chi connectivity index (χ0n) is 31.6. The second-order valence-electron chi connectivity index (χ2n) is 13.8. The molecule has 53 heavy (non-hydrogen) atoms. The zero-order valence-corrected chi connectivity index (χ0v) is 33.2. The fourth-order valence-electron chi connectivity index (χ4n) is 6.83. The maximum atomic E-state index is 14.2. The molecule has 0 radical (unpaired) electrons. The number of hydrogen-bond donors (Lipinski definition) is 0. The van der Waals surface area contributed by atoms with Crippen LogP contribution >= 0.6 is 0 Å². The van der Waals surface area contributed by atoms with Gasteiger partial charge in [0.1, 0.15) is 34.4 Å². The van der Waals surface area contributed by atoms with Gasteiger partial charge in [-0.3, -0.25) is 14.5 Å². The summed E-state index contributed by atoms with van der Waals surface area (Å²) in [5.41, 5.74) is 0.476. The maximum Gasteiger partial charge on any atom is 0.263 e. The third kappa shape index (κ3) is 10.8. The van der Waals surface area contributed by atoms with Crippen LogP contribution in [0.4, 0.5) is 14.5 Å². The third-order valence-electron chi connectivity index (χ3n) is 9.85. The van der Waals surface area contributed by atoms with E-state index < -0.39 is 23.0 Å². The average Bonchev–Trinajstić information content (AvgIpc) is 3.11. The number of aromatic nitrogens is 1. The van der Waals surface area contributed by atoms with Crippen molar-refractivity contribution in [1.82, 2.24) is 9.47 Å². The molecule has 0 unspecified atom stereocenters. The lowest BCUT2D eigenvalue weighted by molar-refractivity contribution is -0.913. The van der Waals surface area contributed by atoms with Crippen molar-refractivity contribution in [3.05, 3.63) is 88.2 Å². The van der Waals surface area contributed by atoms with E-state index in [2.05, 4.69) is 19.0 Å². The van der Waals surface area contributed by atoms with Crippen LogP contribution in [0.25, 0.3) is 16.6 Å². The van der Waals surface area contributed by atoms with Crippen molar-refractivity contribution in [2.45, 2.75) is 52.9 Å². The highest BCUT2D eigenvalue weighted by Crippen LogP contribution is 2.30. The molecule has 1 fully saturated rings. The summed E-state index contributed by atoms with van der Waals surface area (Å²) in [5.74, 6) is -0.612. The van der Waals surface area contributed by atoms with Gasteiger partial charge >= 0.3 is 0 Å². The minimum absolute atomic E-state index is 0. The number of halogens is 3. The van der Waals surface area contributed by atoms with Crippen molar-refractivity contribution in [3.63, 3.8) is 0 Å². The summed E-state index contributed by atoms with van der Waals surface area (Å²) in [4.78, 5) is 31.6. The Balaban J connectivity index is 0.00000627. The van der Waals surface area contributed by atoms with Crippen LogP contribution in [0.2, 0.25) is 0 Å². The summed E-state index contributed by atoms with van der Waals surface area (Å²) < 4.78 is 49.2. The van der Waals surface area contributed by atoms with Crippen LogP contribution in [-0.2, 0) is 0 Å². The van der Waals surface area contributed by atoms with Crippen molar-refractivity contribution in [2.24, 2.45) is 0 Å². The average molecular weight is 800 g/mol. The van der Waals surface area contributed by atoms with Gasteiger partial charge in [-0.05, 0) is 71.3 Å². The van der Waals surface area contributed by atoms with Crippen LogP contribution in [0.5, 0.6) is 17.2 Å². The van der Waals surface area contributed by atoms with Crippen molar-refractivity contribution in [1.29, 1.82) is 0 Å². The number of piperazine rings is 1. The van der Waals surface area contributed by atoms with Gasteiger partial charge in [0.2, 0.25) is 5.43 Å². The Morgan fingerprint density at radius 2 is 1.43 bits per heavy atom. The van der Waals surface area contributed by atoms with Crippen molar-refractivity contribution >= 4 is 22.5 Å². The fourth-order valence-corrected chi connectivity index (χ4v) is 6.83. The fraction of sp³-hybridized carbons (Fsp3) is 0.463. The van der Waals surface area contributed by atoms with Gasteiger partial charge in [0, 0.05) is 67.2 Å². The van der Waals surface area contributed by atoms with E-state index in [4.69, 9.17) is 14.2 Å². The van der Waals surface area contributed by atoms with Gasteiger partial charge in [0.25, 0.3) is 5.91 Å². The molecular weight excluding hydrogens is 746 g/mol. The summed E-state index contributed by atoms with van der Waals surface area (Å²) in [6, 6.07) is 13.5. The number of fused-ring (bicyclic) bond motifs is 1. The van der Waals surface area contributed by atoms with Gasteiger partial charge in [-0.15, -0.1) is 0 Å². The first-order valence-electron chi connectivity index (χ1n) is 18.6. The van der Waals surface area contributed by atoms with E-state index in [0.717, 1.165) is 37.5 Å². The summed E-state index contributed by atoms with van der Waals surface area (Å²) in [7, 11) is 4.58. The first-order valence-corrected chi connectivity index (χ1v) is 18.6. The number of likely N-dealkylation sites (N-methyl/N-ethyl adjacent to an activating group) is 2. The molecule has 5 rings (SSSR count). The smallest absolute Gasteiger partial charge is 0.263 e. The summed E-state index contributed by atoms with van der Waals surface area (Å²) in [6.45, 7) is 12.9. The molecule has 1 aliphatic rings. The molecule has 9 nitrogen and oxygen atoms in total. The van der Waals surface area contributed by atoms with Gasteiger partial charge in [-0.25, -0.2) is 8.78 Å². The number of amides is 1. The SMILES string of the molecule is CCOc1cc(OCC)cc(-n2cc(C(=O)N(CC)c3cc(F)cc(F)c3)c(=O)c3ccc(OCCCCCCC[N+]4(C)CCN(C)CC4)cc32)c1.[Br-]. The predicted octanol–water partition coefficient (Wildman–Crippen LogP) is 4.46. The Morgan fingerprint density at radius 3 is 2.06 bits per heavy atom. The largest absolute Gasteiger partial charge is 1.00 e. The number of anilines is 1. The minimum Gasteiger partial charge on any atom is -1.00 e. The van der Waals surface area contributed by atoms with E-state index in [1.807, 2.05) is 26.0 Å². The molecule has 1 amide bonds. The topological polar surface area (TPSA) is 73.2 Å². The Morgan fingerprint density at radius 1 is 0.811 bits per heavy atom. The number of hydrogen-bond acceptors (Lipinski definition) is 6. The van der Waals surface area contributed by atoms with E-state index in [-0.39, 0.29) is 40.2 Å². The van der Waals surface area contributed by atoms with Gasteiger partial charge in [-0.2, -0.15) is 0 Å². The Bertz CT molecular complexity index is 1850. The molecule has 4 aromatic rings. The van der Waals surface area contributed by atoms with Crippen molar-refractivity contribution in [2.75, 3.05) is 78.1 Å². The van der Waals surface area contributed by atoms with Crippen LogP contribution < -0.4 is 41.5 Å².